The van der Waals surface area contributed by atoms with Crippen molar-refractivity contribution in [2.45, 2.75) is 45.4 Å². The number of likely N-dealkylation sites (N-methyl/N-ethyl adjacent to an activating group) is 1. The van der Waals surface area contributed by atoms with Crippen LogP contribution in [0.15, 0.2) is 42.5 Å². The number of carbonyl (C=O) groups excluding carboxylic acids is 3. The third-order valence-corrected chi connectivity index (χ3v) is 6.12. The van der Waals surface area contributed by atoms with Gasteiger partial charge in [0.25, 0.3) is 5.91 Å². The minimum absolute atomic E-state index is 0.0564. The molecular weight excluding hydrogens is 447 g/mol. The van der Waals surface area contributed by atoms with Crippen LogP contribution in [-0.4, -0.2) is 41.8 Å². The fraction of sp³-hybridized carbons (Fsp3) is 0.375. The molecule has 1 aliphatic heterocycles. The minimum atomic E-state index is -0.996. The Balaban J connectivity index is 1.93. The summed E-state index contributed by atoms with van der Waals surface area (Å²) in [4.78, 5) is 40.9. The fourth-order valence-corrected chi connectivity index (χ4v) is 4.00. The molecule has 0 saturated heterocycles. The maximum Gasteiger partial charge on any atom is 0.251 e. The predicted octanol–water partition coefficient (Wildman–Crippen LogP) is 3.25. The van der Waals surface area contributed by atoms with Gasteiger partial charge in [-0.1, -0.05) is 55.8 Å². The van der Waals surface area contributed by atoms with Crippen LogP contribution in [0.25, 0.3) is 0 Å². The lowest BCUT2D eigenvalue weighted by atomic mass is 10.0. The van der Waals surface area contributed by atoms with Gasteiger partial charge in [-0.2, -0.15) is 0 Å². The molecule has 2 aromatic rings. The third kappa shape index (κ3) is 5.17. The third-order valence-electron chi connectivity index (χ3n) is 5.80. The zero-order valence-electron chi connectivity index (χ0n) is 19.0. The number of nitrogens with one attached hydrogen (secondary N) is 3. The number of rotatable bonds is 7. The molecule has 0 aliphatic carbocycles. The highest BCUT2D eigenvalue weighted by molar-refractivity contribution is 6.33. The summed E-state index contributed by atoms with van der Waals surface area (Å²) in [6.45, 7) is 5.53. The van der Waals surface area contributed by atoms with Gasteiger partial charge in [-0.05, 0) is 43.1 Å². The zero-order chi connectivity index (χ0) is 24.3. The number of hydrogen-bond acceptors (Lipinski definition) is 4. The van der Waals surface area contributed by atoms with E-state index in [9.17, 15) is 18.8 Å². The second-order valence-corrected chi connectivity index (χ2v) is 8.80. The Bertz CT molecular complexity index is 1040. The molecule has 3 N–H and O–H groups in total. The number of carbonyl (C=O) groups is 3. The van der Waals surface area contributed by atoms with Crippen molar-refractivity contribution in [3.8, 4) is 0 Å². The Hall–Kier alpha value is -2.97. The normalized spacial score (nSPS) is 16.8. The van der Waals surface area contributed by atoms with Crippen LogP contribution in [0.5, 0.6) is 0 Å². The van der Waals surface area contributed by atoms with Gasteiger partial charge in [0.1, 0.15) is 17.9 Å². The van der Waals surface area contributed by atoms with Crippen molar-refractivity contribution in [1.29, 1.82) is 0 Å². The van der Waals surface area contributed by atoms with Gasteiger partial charge in [-0.25, -0.2) is 4.39 Å². The van der Waals surface area contributed by atoms with Gasteiger partial charge < -0.3 is 20.9 Å². The second kappa shape index (κ2) is 10.3. The highest BCUT2D eigenvalue weighted by atomic mass is 35.5. The quantitative estimate of drug-likeness (QED) is 0.574. The number of fused-ring (bicyclic) bond motifs is 1. The molecule has 0 spiro atoms. The van der Waals surface area contributed by atoms with Crippen LogP contribution < -0.4 is 16.0 Å². The summed E-state index contributed by atoms with van der Waals surface area (Å²) in [5, 5.41) is 8.24. The number of para-hydroxylation sites is 1. The van der Waals surface area contributed by atoms with Crippen LogP contribution in [-0.2, 0) is 20.9 Å². The number of amides is 3. The Morgan fingerprint density at radius 2 is 1.79 bits per heavy atom. The first-order valence-electron chi connectivity index (χ1n) is 10.8. The van der Waals surface area contributed by atoms with E-state index in [1.165, 1.54) is 23.1 Å². The second-order valence-electron chi connectivity index (χ2n) is 8.39. The van der Waals surface area contributed by atoms with Crippen LogP contribution in [0, 0.1) is 11.7 Å². The topological polar surface area (TPSA) is 90.5 Å². The molecule has 3 rings (SSSR count). The molecule has 1 aliphatic rings. The largest absolute Gasteiger partial charge is 0.343 e. The summed E-state index contributed by atoms with van der Waals surface area (Å²) in [5.41, 5.74) is 1.31. The molecule has 1 heterocycles. The van der Waals surface area contributed by atoms with Gasteiger partial charge in [0.15, 0.2) is 0 Å². The van der Waals surface area contributed by atoms with E-state index in [-0.39, 0.29) is 29.1 Å². The van der Waals surface area contributed by atoms with Gasteiger partial charge in [0.05, 0.1) is 16.8 Å². The summed E-state index contributed by atoms with van der Waals surface area (Å²) in [5.74, 6) is -2.19. The maximum atomic E-state index is 14.3. The lowest BCUT2D eigenvalue weighted by Crippen LogP contribution is -2.55. The van der Waals surface area contributed by atoms with E-state index in [0.717, 1.165) is 5.56 Å². The van der Waals surface area contributed by atoms with E-state index in [0.29, 0.717) is 5.56 Å². The van der Waals surface area contributed by atoms with Crippen LogP contribution in [0.1, 0.15) is 37.9 Å². The van der Waals surface area contributed by atoms with Gasteiger partial charge >= 0.3 is 0 Å². The summed E-state index contributed by atoms with van der Waals surface area (Å²) in [6.07, 6.45) is 0. The molecule has 3 amide bonds. The van der Waals surface area contributed by atoms with E-state index < -0.39 is 35.8 Å². The molecule has 0 radical (unpaired) electrons. The number of nitrogens with zero attached hydrogens (tertiary/aromatic N) is 1. The predicted molar refractivity (Wildman–Crippen MR) is 125 cm³/mol. The molecule has 0 aromatic heterocycles. The number of benzene rings is 2. The SMILES string of the molecule is CN[C@@H](C)C(=O)N[C@H](C(=O)N1Cc2ccccc2C1C(=O)Nc1c(F)cccc1Cl)C(C)C. The van der Waals surface area contributed by atoms with Crippen molar-refractivity contribution in [2.75, 3.05) is 12.4 Å². The lowest BCUT2D eigenvalue weighted by Gasteiger charge is -2.31. The highest BCUT2D eigenvalue weighted by Crippen LogP contribution is 2.36. The van der Waals surface area contributed by atoms with Crippen molar-refractivity contribution in [1.82, 2.24) is 15.5 Å². The lowest BCUT2D eigenvalue weighted by molar-refractivity contribution is -0.143. The van der Waals surface area contributed by atoms with Crippen molar-refractivity contribution >= 4 is 35.0 Å². The van der Waals surface area contributed by atoms with E-state index in [2.05, 4.69) is 16.0 Å². The molecule has 0 fully saturated rings. The molecule has 3 atom stereocenters. The molecule has 0 bridgehead atoms. The van der Waals surface area contributed by atoms with Crippen molar-refractivity contribution in [2.24, 2.45) is 5.92 Å². The monoisotopic (exact) mass is 474 g/mol. The van der Waals surface area contributed by atoms with E-state index in [4.69, 9.17) is 11.6 Å². The van der Waals surface area contributed by atoms with Gasteiger partial charge in [0.2, 0.25) is 11.8 Å². The maximum absolute atomic E-state index is 14.3. The first-order chi connectivity index (χ1) is 15.6. The number of hydrogen-bond donors (Lipinski definition) is 3. The molecular formula is C24H28ClFN4O3. The van der Waals surface area contributed by atoms with Gasteiger partial charge in [-0.15, -0.1) is 0 Å². The summed E-state index contributed by atoms with van der Waals surface area (Å²) < 4.78 is 14.3. The molecule has 2 aromatic carbocycles. The Morgan fingerprint density at radius 1 is 1.09 bits per heavy atom. The van der Waals surface area contributed by atoms with Gasteiger partial charge in [-0.3, -0.25) is 14.4 Å². The smallest absolute Gasteiger partial charge is 0.251 e. The fourth-order valence-electron chi connectivity index (χ4n) is 3.79. The first kappa shape index (κ1) is 24.7. The average molecular weight is 475 g/mol. The molecule has 0 saturated carbocycles. The summed E-state index contributed by atoms with van der Waals surface area (Å²) >= 11 is 6.08. The summed E-state index contributed by atoms with van der Waals surface area (Å²) in [6, 6.07) is 8.99. The van der Waals surface area contributed by atoms with Gasteiger partial charge in [0, 0.05) is 6.54 Å². The van der Waals surface area contributed by atoms with Crippen LogP contribution in [0.4, 0.5) is 10.1 Å². The number of anilines is 1. The first-order valence-corrected chi connectivity index (χ1v) is 11.1. The van der Waals surface area contributed by atoms with Crippen molar-refractivity contribution < 1.29 is 18.8 Å². The molecule has 7 nitrogen and oxygen atoms in total. The van der Waals surface area contributed by atoms with Crippen molar-refractivity contribution in [3.63, 3.8) is 0 Å². The molecule has 1 unspecified atom stereocenters. The van der Waals surface area contributed by atoms with E-state index in [1.807, 2.05) is 26.0 Å². The molecule has 33 heavy (non-hydrogen) atoms. The Kier molecular flexibility index (Phi) is 7.71. The van der Waals surface area contributed by atoms with Crippen LogP contribution >= 0.6 is 11.6 Å². The minimum Gasteiger partial charge on any atom is -0.343 e. The standard InChI is InChI=1S/C24H28ClFN4O3/c1-13(2)19(28-22(31)14(3)27-4)24(33)30-12-15-8-5-6-9-16(15)21(30)23(32)29-20-17(25)10-7-11-18(20)26/h5-11,13-14,19,21,27H,12H2,1-4H3,(H,28,31)(H,29,32)/t14-,19-,21?/m0/s1. The Labute approximate surface area is 197 Å². The summed E-state index contributed by atoms with van der Waals surface area (Å²) in [7, 11) is 1.65. The van der Waals surface area contributed by atoms with Crippen LogP contribution in [0.2, 0.25) is 5.02 Å². The highest BCUT2D eigenvalue weighted by Gasteiger charge is 2.42. The Morgan fingerprint density at radius 3 is 2.42 bits per heavy atom. The van der Waals surface area contributed by atoms with Crippen molar-refractivity contribution in [3.05, 3.63) is 64.4 Å². The van der Waals surface area contributed by atoms with Crippen LogP contribution in [0.3, 0.4) is 0 Å². The molecule has 176 valence electrons. The van der Waals surface area contributed by atoms with E-state index in [1.54, 1.807) is 26.1 Å². The van der Waals surface area contributed by atoms with E-state index >= 15 is 0 Å². The average Bonchev–Trinajstić information content (AvgIpc) is 3.18. The zero-order valence-corrected chi connectivity index (χ0v) is 19.7. The molecule has 9 heteroatoms. The number of halogens is 2.